The van der Waals surface area contributed by atoms with Crippen molar-refractivity contribution in [2.45, 2.75) is 84.5 Å². The first-order valence-electron chi connectivity index (χ1n) is 10.4. The average molecular weight is 359 g/mol. The predicted molar refractivity (Wildman–Crippen MR) is 109 cm³/mol. The van der Waals surface area contributed by atoms with Crippen LogP contribution in [-0.2, 0) is 6.42 Å². The molecule has 2 rings (SSSR count). The highest BCUT2D eigenvalue weighted by molar-refractivity contribution is 5.81. The van der Waals surface area contributed by atoms with Crippen molar-refractivity contribution >= 4 is 11.0 Å². The number of fused-ring (bicyclic) bond motifs is 1. The van der Waals surface area contributed by atoms with Crippen molar-refractivity contribution in [3.63, 3.8) is 0 Å². The van der Waals surface area contributed by atoms with E-state index in [2.05, 4.69) is 6.92 Å². The van der Waals surface area contributed by atoms with Gasteiger partial charge in [-0.3, -0.25) is 0 Å². The lowest BCUT2D eigenvalue weighted by molar-refractivity contribution is 0.304. The summed E-state index contributed by atoms with van der Waals surface area (Å²) in [5.74, 6) is 0.782. The van der Waals surface area contributed by atoms with E-state index in [1.807, 2.05) is 25.1 Å². The Morgan fingerprint density at radius 1 is 0.846 bits per heavy atom. The van der Waals surface area contributed by atoms with E-state index in [4.69, 9.17) is 9.15 Å². The number of benzene rings is 1. The topological polar surface area (TPSA) is 39.4 Å². The Hall–Kier alpha value is -1.77. The van der Waals surface area contributed by atoms with E-state index in [1.54, 1.807) is 6.07 Å². The summed E-state index contributed by atoms with van der Waals surface area (Å²) in [6, 6.07) is 7.38. The Balaban J connectivity index is 1.65. The maximum atomic E-state index is 11.6. The molecule has 0 aliphatic heterocycles. The minimum Gasteiger partial charge on any atom is -0.493 e. The van der Waals surface area contributed by atoms with Gasteiger partial charge in [-0.2, -0.15) is 0 Å². The monoisotopic (exact) mass is 358 g/mol. The summed E-state index contributed by atoms with van der Waals surface area (Å²) < 4.78 is 11.2. The average Bonchev–Trinajstić information content (AvgIpc) is 2.65. The van der Waals surface area contributed by atoms with Crippen LogP contribution < -0.4 is 10.4 Å². The molecule has 0 aliphatic carbocycles. The van der Waals surface area contributed by atoms with E-state index >= 15 is 0 Å². The molecule has 1 heterocycles. The Morgan fingerprint density at radius 2 is 1.50 bits per heavy atom. The number of hydrogen-bond donors (Lipinski definition) is 0. The zero-order chi connectivity index (χ0) is 18.6. The molecule has 0 amide bonds. The molecule has 3 heteroatoms. The molecule has 1 aromatic carbocycles. The summed E-state index contributed by atoms with van der Waals surface area (Å²) in [5.41, 5.74) is 1.36. The molecule has 3 nitrogen and oxygen atoms in total. The Labute approximate surface area is 157 Å². The van der Waals surface area contributed by atoms with Crippen molar-refractivity contribution in [2.75, 3.05) is 6.61 Å². The van der Waals surface area contributed by atoms with Crippen molar-refractivity contribution in [1.29, 1.82) is 0 Å². The smallest absolute Gasteiger partial charge is 0.336 e. The van der Waals surface area contributed by atoms with Crippen LogP contribution in [0.2, 0.25) is 0 Å². The van der Waals surface area contributed by atoms with E-state index in [1.165, 1.54) is 57.8 Å². The predicted octanol–water partition coefficient (Wildman–Crippen LogP) is 6.66. The van der Waals surface area contributed by atoms with Gasteiger partial charge in [-0.15, -0.1) is 0 Å². The van der Waals surface area contributed by atoms with Gasteiger partial charge in [0.15, 0.2) is 0 Å². The fourth-order valence-electron chi connectivity index (χ4n) is 3.37. The van der Waals surface area contributed by atoms with Crippen LogP contribution in [0.1, 0.15) is 83.6 Å². The normalized spacial score (nSPS) is 11.2. The van der Waals surface area contributed by atoms with Crippen LogP contribution in [0.5, 0.6) is 5.75 Å². The second-order valence-corrected chi connectivity index (χ2v) is 7.13. The molecule has 0 aliphatic rings. The third kappa shape index (κ3) is 6.86. The first-order valence-corrected chi connectivity index (χ1v) is 10.4. The molecular formula is C23H34O3. The third-order valence-electron chi connectivity index (χ3n) is 4.95. The van der Waals surface area contributed by atoms with E-state index in [9.17, 15) is 4.79 Å². The van der Waals surface area contributed by atoms with Gasteiger partial charge in [-0.25, -0.2) is 4.79 Å². The number of ether oxygens (including phenoxy) is 1. The van der Waals surface area contributed by atoms with Crippen LogP contribution in [0.3, 0.4) is 0 Å². The second kappa shape index (κ2) is 11.8. The summed E-state index contributed by atoms with van der Waals surface area (Å²) in [5, 5.41) is 0.999. The molecule has 2 aromatic rings. The number of hydrogen-bond acceptors (Lipinski definition) is 3. The molecule has 0 spiro atoms. The van der Waals surface area contributed by atoms with Gasteiger partial charge in [0.05, 0.1) is 6.61 Å². The molecule has 0 fully saturated rings. The summed E-state index contributed by atoms with van der Waals surface area (Å²) in [7, 11) is 0. The van der Waals surface area contributed by atoms with Gasteiger partial charge in [0.25, 0.3) is 0 Å². The fraction of sp³-hybridized carbons (Fsp3) is 0.609. The van der Waals surface area contributed by atoms with Gasteiger partial charge in [-0.05, 0) is 30.5 Å². The first-order chi connectivity index (χ1) is 12.7. The lowest BCUT2D eigenvalue weighted by atomic mass is 10.1. The molecule has 0 bridgehead atoms. The molecule has 0 radical (unpaired) electrons. The highest BCUT2D eigenvalue weighted by Crippen LogP contribution is 2.23. The van der Waals surface area contributed by atoms with E-state index in [-0.39, 0.29) is 5.63 Å². The van der Waals surface area contributed by atoms with Crippen LogP contribution in [0.4, 0.5) is 0 Å². The highest BCUT2D eigenvalue weighted by atomic mass is 16.5. The largest absolute Gasteiger partial charge is 0.493 e. The number of unbranched alkanes of at least 4 members (excludes halogenated alkanes) is 9. The van der Waals surface area contributed by atoms with E-state index < -0.39 is 0 Å². The van der Waals surface area contributed by atoms with Gasteiger partial charge in [0, 0.05) is 17.5 Å². The molecule has 144 valence electrons. The summed E-state index contributed by atoms with van der Waals surface area (Å²) in [6.07, 6.45) is 14.0. The summed E-state index contributed by atoms with van der Waals surface area (Å²) in [6.45, 7) is 5.03. The van der Waals surface area contributed by atoms with Gasteiger partial charge >= 0.3 is 5.63 Å². The molecule has 0 atom stereocenters. The van der Waals surface area contributed by atoms with Crippen molar-refractivity contribution in [3.05, 3.63) is 40.2 Å². The van der Waals surface area contributed by atoms with Gasteiger partial charge in [0.2, 0.25) is 0 Å². The minimum atomic E-state index is -0.291. The van der Waals surface area contributed by atoms with Crippen LogP contribution in [-0.4, -0.2) is 6.61 Å². The molecule has 0 N–H and O–H groups in total. The number of aryl methyl sites for hydroxylation is 1. The second-order valence-electron chi connectivity index (χ2n) is 7.13. The summed E-state index contributed by atoms with van der Waals surface area (Å²) in [4.78, 5) is 11.6. The van der Waals surface area contributed by atoms with Crippen LogP contribution in [0, 0.1) is 0 Å². The highest BCUT2D eigenvalue weighted by Gasteiger charge is 2.05. The molecule has 0 saturated heterocycles. The zero-order valence-electron chi connectivity index (χ0n) is 16.5. The number of rotatable bonds is 13. The SMILES string of the molecule is CCCCCCCCCCCCOc1ccc2c(CC)cc(=O)oc2c1. The van der Waals surface area contributed by atoms with Crippen molar-refractivity contribution in [3.8, 4) is 5.75 Å². The minimum absolute atomic E-state index is 0.291. The van der Waals surface area contributed by atoms with E-state index in [0.29, 0.717) is 5.58 Å². The standard InChI is InChI=1S/C23H34O3/c1-3-5-6-7-8-9-10-11-12-13-16-25-20-14-15-21-19(4-2)17-23(24)26-22(21)18-20/h14-15,17-18H,3-13,16H2,1-2H3. The van der Waals surface area contributed by atoms with Crippen molar-refractivity contribution in [1.82, 2.24) is 0 Å². The maximum Gasteiger partial charge on any atom is 0.336 e. The maximum absolute atomic E-state index is 11.6. The van der Waals surface area contributed by atoms with Crippen LogP contribution in [0.25, 0.3) is 11.0 Å². The van der Waals surface area contributed by atoms with Gasteiger partial charge in [-0.1, -0.05) is 71.6 Å². The van der Waals surface area contributed by atoms with Crippen molar-refractivity contribution < 1.29 is 9.15 Å². The quantitative estimate of drug-likeness (QED) is 0.297. The first kappa shape index (κ1) is 20.5. The Kier molecular flexibility index (Phi) is 9.30. The molecule has 26 heavy (non-hydrogen) atoms. The molecule has 0 saturated carbocycles. The third-order valence-corrected chi connectivity index (χ3v) is 4.95. The summed E-state index contributed by atoms with van der Waals surface area (Å²) >= 11 is 0. The lowest BCUT2D eigenvalue weighted by Gasteiger charge is -2.08. The molecular weight excluding hydrogens is 324 g/mol. The van der Waals surface area contributed by atoms with Crippen LogP contribution >= 0.6 is 0 Å². The fourth-order valence-corrected chi connectivity index (χ4v) is 3.37. The van der Waals surface area contributed by atoms with Gasteiger partial charge < -0.3 is 9.15 Å². The zero-order valence-corrected chi connectivity index (χ0v) is 16.5. The molecule has 1 aromatic heterocycles. The van der Waals surface area contributed by atoms with Crippen molar-refractivity contribution in [2.24, 2.45) is 0 Å². The lowest BCUT2D eigenvalue weighted by Crippen LogP contribution is -2.01. The Bertz CT molecular complexity index is 702. The van der Waals surface area contributed by atoms with E-state index in [0.717, 1.165) is 36.1 Å². The Morgan fingerprint density at radius 3 is 2.15 bits per heavy atom. The van der Waals surface area contributed by atoms with Crippen LogP contribution in [0.15, 0.2) is 33.5 Å². The molecule has 0 unspecified atom stereocenters. The van der Waals surface area contributed by atoms with Gasteiger partial charge in [0.1, 0.15) is 11.3 Å².